The number of nitrogens with one attached hydrogen (secondary N) is 2. The smallest absolute Gasteiger partial charge is 0.252 e. The number of unbranched alkanes of at least 4 members (excludes halogenated alkanes) is 4. The van der Waals surface area contributed by atoms with Crippen molar-refractivity contribution in [3.8, 4) is 0 Å². The molecule has 5 fully saturated rings. The van der Waals surface area contributed by atoms with Crippen LogP contribution in [0.25, 0.3) is 0 Å². The fourth-order valence-corrected chi connectivity index (χ4v) is 7.52. The maximum Gasteiger partial charge on any atom is 0.252 e. The number of nitrogens with two attached hydrogens (primary N) is 1. The third-order valence-electron chi connectivity index (χ3n) is 9.16. The summed E-state index contributed by atoms with van der Waals surface area (Å²) in [4.78, 5) is 12.4. The number of hydrogen-bond acceptors (Lipinski definition) is 3. The first-order valence-electron chi connectivity index (χ1n) is 13.8. The first kappa shape index (κ1) is 23.8. The summed E-state index contributed by atoms with van der Waals surface area (Å²) in [6, 6.07) is 7.89. The number of amides is 1. The Morgan fingerprint density at radius 2 is 1.53 bits per heavy atom. The van der Waals surface area contributed by atoms with Gasteiger partial charge in [-0.25, -0.2) is 0 Å². The lowest BCUT2D eigenvalue weighted by Gasteiger charge is -2.56. The summed E-state index contributed by atoms with van der Waals surface area (Å²) in [5, 5.41) is 10.6. The molecule has 0 atom stereocenters. The van der Waals surface area contributed by atoms with Crippen molar-refractivity contribution >= 4 is 11.7 Å². The molecule has 4 N–H and O–H groups in total. The fourth-order valence-electron chi connectivity index (χ4n) is 7.52. The number of ether oxygens (including phenoxy) is 1. The first-order valence-corrected chi connectivity index (χ1v) is 13.8. The van der Waals surface area contributed by atoms with E-state index in [9.17, 15) is 4.79 Å². The van der Waals surface area contributed by atoms with Crippen LogP contribution in [0.3, 0.4) is 0 Å². The van der Waals surface area contributed by atoms with E-state index in [1.165, 1.54) is 76.2 Å². The van der Waals surface area contributed by atoms with E-state index in [1.807, 2.05) is 12.1 Å². The molecule has 0 spiro atoms. The first-order chi connectivity index (χ1) is 16.5. The summed E-state index contributed by atoms with van der Waals surface area (Å²) in [7, 11) is 0. The van der Waals surface area contributed by atoms with Gasteiger partial charge in [0.2, 0.25) is 0 Å². The highest BCUT2D eigenvalue weighted by Gasteiger charge is 2.51. The van der Waals surface area contributed by atoms with Crippen molar-refractivity contribution in [2.45, 2.75) is 95.4 Å². The van der Waals surface area contributed by atoms with Gasteiger partial charge in [-0.15, -0.1) is 0 Å². The average molecular weight is 466 g/mol. The molecule has 6 rings (SSSR count). The molecule has 0 unspecified atom stereocenters. The van der Waals surface area contributed by atoms with Crippen LogP contribution in [0, 0.1) is 28.6 Å². The van der Waals surface area contributed by atoms with E-state index in [1.54, 1.807) is 0 Å². The van der Waals surface area contributed by atoms with Gasteiger partial charge >= 0.3 is 0 Å². The molecule has 0 heterocycles. The Morgan fingerprint density at radius 1 is 0.941 bits per heavy atom. The molecule has 34 heavy (non-hydrogen) atoms. The second kappa shape index (κ2) is 10.0. The molecule has 186 valence electrons. The van der Waals surface area contributed by atoms with E-state index in [0.717, 1.165) is 50.2 Å². The number of hydrogen-bond donors (Lipinski definition) is 3. The van der Waals surface area contributed by atoms with Crippen molar-refractivity contribution in [2.75, 3.05) is 13.2 Å². The Morgan fingerprint density at radius 3 is 2.12 bits per heavy atom. The van der Waals surface area contributed by atoms with E-state index < -0.39 is 5.54 Å². The Kier molecular flexibility index (Phi) is 7.02. The summed E-state index contributed by atoms with van der Waals surface area (Å²) < 4.78 is 6.22. The van der Waals surface area contributed by atoms with E-state index >= 15 is 0 Å². The van der Waals surface area contributed by atoms with Crippen LogP contribution in [0.2, 0.25) is 0 Å². The van der Waals surface area contributed by atoms with Gasteiger partial charge in [0.1, 0.15) is 5.84 Å². The third kappa shape index (κ3) is 5.50. The highest BCUT2D eigenvalue weighted by atomic mass is 16.5. The minimum Gasteiger partial charge on any atom is -0.386 e. The topological polar surface area (TPSA) is 88.2 Å². The molecule has 0 aliphatic heterocycles. The largest absolute Gasteiger partial charge is 0.386 e. The lowest BCUT2D eigenvalue weighted by atomic mass is 9.50. The summed E-state index contributed by atoms with van der Waals surface area (Å²) in [6.07, 6.45) is 17.6. The van der Waals surface area contributed by atoms with Crippen molar-refractivity contribution < 1.29 is 9.53 Å². The van der Waals surface area contributed by atoms with Gasteiger partial charge in [0.25, 0.3) is 5.91 Å². The quantitative estimate of drug-likeness (QED) is 0.201. The van der Waals surface area contributed by atoms with Crippen LogP contribution in [0.5, 0.6) is 0 Å². The normalized spacial score (nSPS) is 30.3. The molecule has 1 amide bonds. The van der Waals surface area contributed by atoms with Crippen molar-refractivity contribution in [3.63, 3.8) is 0 Å². The fraction of sp³-hybridized carbons (Fsp3) is 0.724. The third-order valence-corrected chi connectivity index (χ3v) is 9.16. The van der Waals surface area contributed by atoms with Crippen molar-refractivity contribution in [3.05, 3.63) is 35.4 Å². The van der Waals surface area contributed by atoms with E-state index in [-0.39, 0.29) is 11.7 Å². The lowest BCUT2D eigenvalue weighted by molar-refractivity contribution is -0.0966. The molecule has 0 radical (unpaired) electrons. The van der Waals surface area contributed by atoms with Crippen LogP contribution in [-0.2, 0) is 11.2 Å². The van der Waals surface area contributed by atoms with Crippen LogP contribution >= 0.6 is 0 Å². The second-order valence-electron chi connectivity index (χ2n) is 12.1. The van der Waals surface area contributed by atoms with Crippen LogP contribution < -0.4 is 11.1 Å². The maximum absolute atomic E-state index is 12.4. The molecule has 5 heteroatoms. The molecule has 4 bridgehead atoms. The highest BCUT2D eigenvalue weighted by molar-refractivity contribution is 6.01. The molecule has 0 saturated heterocycles. The molecular formula is C29H43N3O2. The number of rotatable bonds is 13. The van der Waals surface area contributed by atoms with Crippen LogP contribution in [0.1, 0.15) is 99.4 Å². The second-order valence-corrected chi connectivity index (χ2v) is 12.1. The molecule has 5 nitrogen and oxygen atoms in total. The Hall–Kier alpha value is -1.88. The van der Waals surface area contributed by atoms with Crippen molar-refractivity contribution in [1.29, 1.82) is 5.41 Å². The molecule has 1 aromatic carbocycles. The molecule has 1 aromatic rings. The highest BCUT2D eigenvalue weighted by Crippen LogP contribution is 2.60. The summed E-state index contributed by atoms with van der Waals surface area (Å²) >= 11 is 0. The molecule has 5 aliphatic carbocycles. The van der Waals surface area contributed by atoms with Gasteiger partial charge in [-0.05, 0) is 111 Å². The van der Waals surface area contributed by atoms with Crippen molar-refractivity contribution in [1.82, 2.24) is 5.32 Å². The van der Waals surface area contributed by atoms with E-state index in [4.69, 9.17) is 15.9 Å². The zero-order chi connectivity index (χ0) is 23.6. The summed E-state index contributed by atoms with van der Waals surface area (Å²) in [5.74, 6) is 2.98. The van der Waals surface area contributed by atoms with E-state index in [2.05, 4.69) is 17.4 Å². The Balaban J connectivity index is 0.915. The molecule has 5 aliphatic rings. The minimum atomic E-state index is -0.588. The Bertz CT molecular complexity index is 839. The average Bonchev–Trinajstić information content (AvgIpc) is 3.58. The lowest BCUT2D eigenvalue weighted by Crippen LogP contribution is -2.48. The zero-order valence-corrected chi connectivity index (χ0v) is 20.7. The Labute approximate surface area is 205 Å². The number of benzene rings is 1. The van der Waals surface area contributed by atoms with Crippen LogP contribution in [-0.4, -0.2) is 30.5 Å². The zero-order valence-electron chi connectivity index (χ0n) is 20.7. The van der Waals surface area contributed by atoms with Gasteiger partial charge < -0.3 is 15.8 Å². The van der Waals surface area contributed by atoms with Crippen molar-refractivity contribution in [2.24, 2.45) is 28.9 Å². The number of carbonyl (C=O) groups excluding carboxylic acids is 1. The minimum absolute atomic E-state index is 0.0617. The van der Waals surface area contributed by atoms with Gasteiger partial charge in [-0.2, -0.15) is 0 Å². The SMILES string of the molecule is N=C(N)C1(NC(=O)c2ccc(CCCCCCCOCC34CC5CC(CC(C5)C3)C4)cc2)CC1. The van der Waals surface area contributed by atoms with Gasteiger partial charge in [0, 0.05) is 12.2 Å². The standard InChI is InChI=1S/C29H43N3O2/c30-27(31)29(11-12-29)32-26(33)25-9-7-21(8-10-25)6-4-2-1-3-5-13-34-20-28-17-22-14-23(18-28)16-24(15-22)19-28/h7-10,22-24H,1-6,11-20H2,(H3,30,31)(H,32,33). The van der Waals surface area contributed by atoms with Crippen LogP contribution in [0.15, 0.2) is 24.3 Å². The van der Waals surface area contributed by atoms with Gasteiger partial charge in [0.15, 0.2) is 0 Å². The molecule has 0 aromatic heterocycles. The van der Waals surface area contributed by atoms with Gasteiger partial charge in [0.05, 0.1) is 12.1 Å². The van der Waals surface area contributed by atoms with Gasteiger partial charge in [-0.1, -0.05) is 31.4 Å². The summed E-state index contributed by atoms with van der Waals surface area (Å²) in [6.45, 7) is 1.97. The predicted molar refractivity (Wildman–Crippen MR) is 136 cm³/mol. The number of aryl methyl sites for hydroxylation is 1. The molecule has 5 saturated carbocycles. The monoisotopic (exact) mass is 465 g/mol. The summed E-state index contributed by atoms with van der Waals surface area (Å²) in [5.41, 5.74) is 7.50. The number of amidine groups is 1. The van der Waals surface area contributed by atoms with E-state index in [0.29, 0.717) is 11.0 Å². The van der Waals surface area contributed by atoms with Gasteiger partial charge in [-0.3, -0.25) is 10.2 Å². The number of carbonyl (C=O) groups is 1. The maximum atomic E-state index is 12.4. The predicted octanol–water partition coefficient (Wildman–Crippen LogP) is 5.61. The van der Waals surface area contributed by atoms with Crippen LogP contribution in [0.4, 0.5) is 0 Å². The molecular weight excluding hydrogens is 422 g/mol.